The van der Waals surface area contributed by atoms with Crippen molar-refractivity contribution in [3.8, 4) is 33.4 Å². The number of allylic oxidation sites excluding steroid dienone is 4. The number of hydrogen-bond acceptors (Lipinski definition) is 3. The van der Waals surface area contributed by atoms with E-state index in [4.69, 9.17) is 10.4 Å². The second kappa shape index (κ2) is 14.8. The molecule has 0 fully saturated rings. The van der Waals surface area contributed by atoms with Crippen LogP contribution in [0.5, 0.6) is 0 Å². The molecule has 0 spiro atoms. The summed E-state index contributed by atoms with van der Waals surface area (Å²) < 4.78 is 0. The Kier molecular flexibility index (Phi) is 8.67. The van der Waals surface area contributed by atoms with E-state index >= 15 is 0 Å². The van der Waals surface area contributed by atoms with Gasteiger partial charge in [0.25, 0.3) is 0 Å². The normalized spacial score (nSPS) is 13.5. The van der Waals surface area contributed by atoms with Crippen molar-refractivity contribution in [1.29, 1.82) is 0 Å². The van der Waals surface area contributed by atoms with Crippen LogP contribution in [0.1, 0.15) is 5.56 Å². The first-order valence-electron chi connectivity index (χ1n) is 20.4. The lowest BCUT2D eigenvalue weighted by atomic mass is 9.84. The third-order valence-corrected chi connectivity index (χ3v) is 11.9. The highest BCUT2D eigenvalue weighted by Crippen LogP contribution is 2.45. The summed E-state index contributed by atoms with van der Waals surface area (Å²) in [6, 6.07) is 63.3. The Bertz CT molecular complexity index is 3440. The van der Waals surface area contributed by atoms with Crippen LogP contribution < -0.4 is 10.7 Å². The summed E-state index contributed by atoms with van der Waals surface area (Å²) in [4.78, 5) is 9.30. The molecule has 0 saturated heterocycles. The molecule has 0 unspecified atom stereocenters. The Morgan fingerprint density at radius 2 is 1.00 bits per heavy atom. The lowest BCUT2D eigenvalue weighted by Gasteiger charge is -2.19. The van der Waals surface area contributed by atoms with Gasteiger partial charge < -0.3 is 5.32 Å². The van der Waals surface area contributed by atoms with Gasteiger partial charge in [0.1, 0.15) is 12.4 Å². The molecule has 1 heterocycles. The molecule has 9 aromatic carbocycles. The highest BCUT2D eigenvalue weighted by molar-refractivity contribution is 6.50. The molecule has 1 aromatic heterocycles. The van der Waals surface area contributed by atoms with Crippen LogP contribution in [0.3, 0.4) is 0 Å². The van der Waals surface area contributed by atoms with Gasteiger partial charge in [0, 0.05) is 35.1 Å². The van der Waals surface area contributed by atoms with Crippen LogP contribution >= 0.6 is 0 Å². The number of rotatable bonds is 7. The molecule has 1 aliphatic rings. The molecule has 60 heavy (non-hydrogen) atoms. The second-order valence-corrected chi connectivity index (χ2v) is 15.4. The van der Waals surface area contributed by atoms with Crippen LogP contribution in [-0.2, 0) is 0 Å². The minimum Gasteiger partial charge on any atom is -0.366 e. The van der Waals surface area contributed by atoms with Gasteiger partial charge in [0.2, 0.25) is 5.71 Å². The van der Waals surface area contributed by atoms with Gasteiger partial charge in [-0.3, -0.25) is 15.4 Å². The summed E-state index contributed by atoms with van der Waals surface area (Å²) in [5.74, 6) is 0. The summed E-state index contributed by atoms with van der Waals surface area (Å²) in [5.41, 5.74) is 11.6. The molecule has 0 aliphatic heterocycles. The standard InChI is InChI=1S/C56H38N4/c57-53-32-42(24-28-54(53)60-35-59-46-25-21-38(22-26-46)52-34-58-33-45-13-5-6-14-47(45)52)41-23-27-50-51(31-41)56(44-20-18-37-10-2-4-12-40(37)30-44)49-16-8-7-15-48(49)55(50)43-19-17-36-9-1-3-11-39(36)29-43/h1-34,57,59H,35H2/p+1. The molecule has 11 rings (SSSR count). The van der Waals surface area contributed by atoms with E-state index in [0.717, 1.165) is 39.0 Å². The summed E-state index contributed by atoms with van der Waals surface area (Å²) in [6.45, 7) is 0.397. The van der Waals surface area contributed by atoms with E-state index in [0.29, 0.717) is 12.4 Å². The molecule has 0 amide bonds. The smallest absolute Gasteiger partial charge is 0.222 e. The number of pyridine rings is 1. The molecule has 0 atom stereocenters. The molecule has 4 heteroatoms. The summed E-state index contributed by atoms with van der Waals surface area (Å²) in [5, 5.41) is 22.3. The first-order valence-corrected chi connectivity index (χ1v) is 20.4. The minimum absolute atomic E-state index is 0.397. The van der Waals surface area contributed by atoms with Crippen molar-refractivity contribution < 1.29 is 5.41 Å². The number of fused-ring (bicyclic) bond motifs is 5. The van der Waals surface area contributed by atoms with E-state index < -0.39 is 0 Å². The molecule has 10 aromatic rings. The van der Waals surface area contributed by atoms with Crippen LogP contribution in [0, 0.1) is 0 Å². The fraction of sp³-hybridized carbons (Fsp3) is 0.0179. The first kappa shape index (κ1) is 35.2. The topological polar surface area (TPSA) is 62.9 Å². The summed E-state index contributed by atoms with van der Waals surface area (Å²) in [7, 11) is 0. The Morgan fingerprint density at radius 3 is 1.67 bits per heavy atom. The zero-order valence-corrected chi connectivity index (χ0v) is 32.8. The fourth-order valence-corrected chi connectivity index (χ4v) is 8.88. The molecule has 4 nitrogen and oxygen atoms in total. The number of nitrogens with two attached hydrogens (primary N) is 1. The second-order valence-electron chi connectivity index (χ2n) is 15.4. The SMILES string of the molecule is [NH2+]=C1C=C(c2ccc3c(-c4ccc5ccccc5c4)c4ccccc4c(-c4ccc5ccccc5c4)c3c2)C=CC1=NCNc1ccc(-c2cncc3ccccc23)cc1. The fourth-order valence-electron chi connectivity index (χ4n) is 8.88. The third kappa shape index (κ3) is 6.32. The van der Waals surface area contributed by atoms with Crippen LogP contribution in [0.4, 0.5) is 5.69 Å². The van der Waals surface area contributed by atoms with E-state index in [1.807, 2.05) is 30.6 Å². The minimum atomic E-state index is 0.397. The number of aromatic nitrogens is 1. The van der Waals surface area contributed by atoms with E-state index in [1.165, 1.54) is 70.7 Å². The predicted molar refractivity (Wildman–Crippen MR) is 254 cm³/mol. The first-order chi connectivity index (χ1) is 29.6. The average molecular weight is 768 g/mol. The van der Waals surface area contributed by atoms with E-state index in [2.05, 4.69) is 186 Å². The van der Waals surface area contributed by atoms with E-state index in [9.17, 15) is 0 Å². The molecule has 0 radical (unpaired) electrons. The lowest BCUT2D eigenvalue weighted by Crippen LogP contribution is -2.44. The number of nitrogens with zero attached hydrogens (tertiary/aromatic N) is 2. The number of benzene rings is 9. The number of anilines is 1. The van der Waals surface area contributed by atoms with Gasteiger partial charge in [-0.15, -0.1) is 0 Å². The monoisotopic (exact) mass is 767 g/mol. The Hall–Kier alpha value is -7.95. The highest BCUT2D eigenvalue weighted by atomic mass is 15.0. The van der Waals surface area contributed by atoms with Crippen molar-refractivity contribution in [2.75, 3.05) is 12.0 Å². The van der Waals surface area contributed by atoms with Crippen LogP contribution in [-0.4, -0.2) is 23.1 Å². The summed E-state index contributed by atoms with van der Waals surface area (Å²) in [6.07, 6.45) is 10.0. The largest absolute Gasteiger partial charge is 0.366 e. The molecular weight excluding hydrogens is 729 g/mol. The van der Waals surface area contributed by atoms with E-state index in [-0.39, 0.29) is 0 Å². The van der Waals surface area contributed by atoms with Crippen LogP contribution in [0.15, 0.2) is 212 Å². The molecule has 282 valence electrons. The van der Waals surface area contributed by atoms with Gasteiger partial charge in [-0.1, -0.05) is 152 Å². The van der Waals surface area contributed by atoms with Gasteiger partial charge in [-0.25, -0.2) is 0 Å². The van der Waals surface area contributed by atoms with E-state index in [1.54, 1.807) is 0 Å². The maximum absolute atomic E-state index is 6.75. The molecule has 0 saturated carbocycles. The van der Waals surface area contributed by atoms with Crippen LogP contribution in [0.25, 0.3) is 92.8 Å². The average Bonchev–Trinajstić information content (AvgIpc) is 3.31. The Balaban J connectivity index is 0.940. The third-order valence-electron chi connectivity index (χ3n) is 11.9. The van der Waals surface area contributed by atoms with Crippen molar-refractivity contribution in [3.05, 3.63) is 212 Å². The number of nitrogens with one attached hydrogen (secondary N) is 1. The maximum Gasteiger partial charge on any atom is 0.222 e. The molecule has 1 aliphatic carbocycles. The summed E-state index contributed by atoms with van der Waals surface area (Å²) >= 11 is 0. The molecular formula is C56H39N4+. The van der Waals surface area contributed by atoms with Crippen molar-refractivity contribution in [2.24, 2.45) is 4.99 Å². The lowest BCUT2D eigenvalue weighted by molar-refractivity contribution is -0.108. The van der Waals surface area contributed by atoms with Crippen molar-refractivity contribution in [3.63, 3.8) is 0 Å². The van der Waals surface area contributed by atoms with Gasteiger partial charge in [0.05, 0.1) is 0 Å². The zero-order chi connectivity index (χ0) is 40.0. The molecule has 0 bridgehead atoms. The van der Waals surface area contributed by atoms with Gasteiger partial charge in [-0.05, 0) is 124 Å². The zero-order valence-electron chi connectivity index (χ0n) is 32.8. The van der Waals surface area contributed by atoms with Crippen molar-refractivity contribution in [2.45, 2.75) is 0 Å². The Labute approximate surface area is 348 Å². The van der Waals surface area contributed by atoms with Gasteiger partial charge in [0.15, 0.2) is 0 Å². The maximum atomic E-state index is 6.75. The predicted octanol–water partition coefficient (Wildman–Crippen LogP) is 12.5. The van der Waals surface area contributed by atoms with Gasteiger partial charge in [-0.2, -0.15) is 0 Å². The van der Waals surface area contributed by atoms with Gasteiger partial charge >= 0.3 is 0 Å². The van der Waals surface area contributed by atoms with Crippen molar-refractivity contribution >= 4 is 76.5 Å². The number of hydrogen-bond donors (Lipinski definition) is 2. The van der Waals surface area contributed by atoms with Crippen molar-refractivity contribution in [1.82, 2.24) is 4.98 Å². The Morgan fingerprint density at radius 1 is 0.450 bits per heavy atom. The number of aliphatic imine (C=N–C) groups is 1. The molecule has 3 N–H and O–H groups in total. The quantitative estimate of drug-likeness (QED) is 0.125. The van der Waals surface area contributed by atoms with Crippen LogP contribution in [0.2, 0.25) is 0 Å². The highest BCUT2D eigenvalue weighted by Gasteiger charge is 2.20.